The summed E-state index contributed by atoms with van der Waals surface area (Å²) in [7, 11) is 0. The first kappa shape index (κ1) is 17.2. The van der Waals surface area contributed by atoms with Crippen molar-refractivity contribution in [3.05, 3.63) is 86.9 Å². The molecule has 0 aliphatic heterocycles. The zero-order chi connectivity index (χ0) is 19.0. The van der Waals surface area contributed by atoms with E-state index >= 15 is 0 Å². The van der Waals surface area contributed by atoms with Crippen LogP contribution in [0.5, 0.6) is 0 Å². The van der Waals surface area contributed by atoms with Crippen LogP contribution in [0.4, 0.5) is 0 Å². The minimum Gasteiger partial charge on any atom is -0.345 e. The van der Waals surface area contributed by atoms with Crippen LogP contribution in [0.1, 0.15) is 28.9 Å². The zero-order valence-corrected chi connectivity index (χ0v) is 15.4. The van der Waals surface area contributed by atoms with Crippen molar-refractivity contribution >= 4 is 39.8 Å². The first-order chi connectivity index (χ1) is 13.0. The Labute approximate surface area is 160 Å². The van der Waals surface area contributed by atoms with Crippen LogP contribution in [-0.2, 0) is 0 Å². The molecule has 1 atom stereocenters. The fraction of sp³-hybridized carbons (Fsp3) is 0.0952. The van der Waals surface area contributed by atoms with E-state index < -0.39 is 0 Å². The SMILES string of the molecule is C[C@@H](NC(=O)c1ccc2c(=O)[nH]c(=S)[nH]c2c1)c1cccc2ccccc12. The summed E-state index contributed by atoms with van der Waals surface area (Å²) >= 11 is 5.00. The molecule has 0 aliphatic rings. The molecule has 134 valence electrons. The molecule has 3 N–H and O–H groups in total. The first-order valence-electron chi connectivity index (χ1n) is 8.58. The fourth-order valence-corrected chi connectivity index (χ4v) is 3.50. The van der Waals surface area contributed by atoms with Crippen LogP contribution in [-0.4, -0.2) is 15.9 Å². The van der Waals surface area contributed by atoms with Gasteiger partial charge < -0.3 is 10.3 Å². The average molecular weight is 375 g/mol. The van der Waals surface area contributed by atoms with E-state index in [1.807, 2.05) is 31.2 Å². The second-order valence-corrected chi connectivity index (χ2v) is 6.84. The minimum atomic E-state index is -0.273. The van der Waals surface area contributed by atoms with Crippen LogP contribution in [0.3, 0.4) is 0 Å². The number of rotatable bonds is 3. The van der Waals surface area contributed by atoms with Crippen LogP contribution in [0.2, 0.25) is 0 Å². The molecule has 0 saturated carbocycles. The van der Waals surface area contributed by atoms with Crippen molar-refractivity contribution in [2.24, 2.45) is 0 Å². The van der Waals surface area contributed by atoms with Crippen molar-refractivity contribution in [2.75, 3.05) is 0 Å². The second-order valence-electron chi connectivity index (χ2n) is 6.43. The molecular formula is C21H17N3O2S. The fourth-order valence-electron chi connectivity index (χ4n) is 3.30. The minimum absolute atomic E-state index is 0.169. The van der Waals surface area contributed by atoms with E-state index in [1.54, 1.807) is 18.2 Å². The number of carbonyl (C=O) groups excluding carboxylic acids is 1. The third-order valence-electron chi connectivity index (χ3n) is 4.64. The van der Waals surface area contributed by atoms with Crippen LogP contribution >= 0.6 is 12.2 Å². The molecule has 1 heterocycles. The average Bonchev–Trinajstić information content (AvgIpc) is 2.66. The molecule has 0 fully saturated rings. The molecule has 27 heavy (non-hydrogen) atoms. The highest BCUT2D eigenvalue weighted by Crippen LogP contribution is 2.24. The molecule has 4 aromatic rings. The van der Waals surface area contributed by atoms with Gasteiger partial charge in [-0.25, -0.2) is 0 Å². The first-order valence-corrected chi connectivity index (χ1v) is 8.98. The molecule has 0 bridgehead atoms. The van der Waals surface area contributed by atoms with Crippen molar-refractivity contribution in [3.8, 4) is 0 Å². The lowest BCUT2D eigenvalue weighted by Gasteiger charge is -2.17. The third kappa shape index (κ3) is 3.27. The lowest BCUT2D eigenvalue weighted by molar-refractivity contribution is 0.0940. The summed E-state index contributed by atoms with van der Waals surface area (Å²) in [6, 6.07) is 18.9. The number of aromatic nitrogens is 2. The Morgan fingerprint density at radius 3 is 2.63 bits per heavy atom. The molecule has 0 radical (unpaired) electrons. The van der Waals surface area contributed by atoms with Crippen LogP contribution < -0.4 is 10.9 Å². The van der Waals surface area contributed by atoms with Gasteiger partial charge in [-0.3, -0.25) is 14.6 Å². The summed E-state index contributed by atoms with van der Waals surface area (Å²) in [5, 5.41) is 5.74. The summed E-state index contributed by atoms with van der Waals surface area (Å²) in [5.74, 6) is -0.211. The van der Waals surface area contributed by atoms with Gasteiger partial charge >= 0.3 is 0 Å². The van der Waals surface area contributed by atoms with Crippen molar-refractivity contribution in [1.29, 1.82) is 0 Å². The Hall–Kier alpha value is -3.25. The normalized spacial score (nSPS) is 12.2. The third-order valence-corrected chi connectivity index (χ3v) is 4.84. The Morgan fingerprint density at radius 1 is 1.00 bits per heavy atom. The smallest absolute Gasteiger partial charge is 0.259 e. The van der Waals surface area contributed by atoms with Gasteiger partial charge in [-0.05, 0) is 53.7 Å². The standard InChI is InChI=1S/C21H17N3O2S/c1-12(15-8-4-6-13-5-2-3-7-16(13)15)22-19(25)14-9-10-17-18(11-14)23-21(27)24-20(17)26/h2-12H,1H3,(H,22,25)(H2,23,24,26,27)/t12-/m1/s1. The molecule has 1 amide bonds. The summed E-state index contributed by atoms with van der Waals surface area (Å²) in [4.78, 5) is 30.1. The van der Waals surface area contributed by atoms with Crippen LogP contribution in [0.25, 0.3) is 21.7 Å². The number of carbonyl (C=O) groups is 1. The van der Waals surface area contributed by atoms with E-state index in [-0.39, 0.29) is 22.3 Å². The predicted octanol–water partition coefficient (Wildman–Crippen LogP) is 4.23. The maximum atomic E-state index is 12.7. The molecular weight excluding hydrogens is 358 g/mol. The molecule has 3 aromatic carbocycles. The molecule has 0 aliphatic carbocycles. The Kier molecular flexibility index (Phi) is 4.33. The van der Waals surface area contributed by atoms with E-state index in [9.17, 15) is 9.59 Å². The zero-order valence-electron chi connectivity index (χ0n) is 14.6. The Balaban J connectivity index is 1.66. The van der Waals surface area contributed by atoms with Gasteiger partial charge in [0.1, 0.15) is 0 Å². The van der Waals surface area contributed by atoms with Crippen LogP contribution in [0, 0.1) is 4.77 Å². The van der Waals surface area contributed by atoms with Gasteiger partial charge in [0.25, 0.3) is 11.5 Å². The summed E-state index contributed by atoms with van der Waals surface area (Å²) in [6.45, 7) is 1.96. The van der Waals surface area contributed by atoms with Crippen molar-refractivity contribution < 1.29 is 4.79 Å². The van der Waals surface area contributed by atoms with E-state index in [0.717, 1.165) is 16.3 Å². The van der Waals surface area contributed by atoms with E-state index in [1.165, 1.54) is 0 Å². The predicted molar refractivity (Wildman–Crippen MR) is 110 cm³/mol. The number of fused-ring (bicyclic) bond motifs is 2. The van der Waals surface area contributed by atoms with E-state index in [4.69, 9.17) is 12.2 Å². The molecule has 5 nitrogen and oxygen atoms in total. The maximum absolute atomic E-state index is 12.7. The number of nitrogens with one attached hydrogen (secondary N) is 3. The summed E-state index contributed by atoms with van der Waals surface area (Å²) in [6.07, 6.45) is 0. The second kappa shape index (κ2) is 6.81. The van der Waals surface area contributed by atoms with Gasteiger partial charge in [-0.1, -0.05) is 42.5 Å². The largest absolute Gasteiger partial charge is 0.345 e. The van der Waals surface area contributed by atoms with Gasteiger partial charge in [0.15, 0.2) is 4.77 Å². The molecule has 0 unspecified atom stereocenters. The summed E-state index contributed by atoms with van der Waals surface area (Å²) in [5.41, 5.74) is 1.78. The molecule has 6 heteroatoms. The highest BCUT2D eigenvalue weighted by Gasteiger charge is 2.14. The van der Waals surface area contributed by atoms with Gasteiger partial charge in [-0.15, -0.1) is 0 Å². The topological polar surface area (TPSA) is 77.8 Å². The number of H-pyrrole nitrogens is 2. The van der Waals surface area contributed by atoms with Gasteiger partial charge in [0, 0.05) is 5.56 Å². The van der Waals surface area contributed by atoms with Crippen molar-refractivity contribution in [1.82, 2.24) is 15.3 Å². The Bertz CT molecular complexity index is 1280. The molecule has 0 spiro atoms. The quantitative estimate of drug-likeness (QED) is 0.469. The number of hydrogen-bond donors (Lipinski definition) is 3. The number of hydrogen-bond acceptors (Lipinski definition) is 3. The van der Waals surface area contributed by atoms with Crippen LogP contribution in [0.15, 0.2) is 65.5 Å². The van der Waals surface area contributed by atoms with Gasteiger partial charge in [-0.2, -0.15) is 0 Å². The number of amides is 1. The maximum Gasteiger partial charge on any atom is 0.259 e. The molecule has 1 aromatic heterocycles. The Morgan fingerprint density at radius 2 is 1.78 bits per heavy atom. The molecule has 4 rings (SSSR count). The van der Waals surface area contributed by atoms with E-state index in [0.29, 0.717) is 16.5 Å². The summed E-state index contributed by atoms with van der Waals surface area (Å²) < 4.78 is 0.231. The highest BCUT2D eigenvalue weighted by molar-refractivity contribution is 7.71. The lowest BCUT2D eigenvalue weighted by Crippen LogP contribution is -2.26. The highest BCUT2D eigenvalue weighted by atomic mass is 32.1. The monoisotopic (exact) mass is 375 g/mol. The van der Waals surface area contributed by atoms with Crippen molar-refractivity contribution in [2.45, 2.75) is 13.0 Å². The number of benzene rings is 3. The van der Waals surface area contributed by atoms with Gasteiger partial charge in [0.2, 0.25) is 0 Å². The number of aromatic amines is 2. The lowest BCUT2D eigenvalue weighted by atomic mass is 9.99. The molecule has 0 saturated heterocycles. The van der Waals surface area contributed by atoms with E-state index in [2.05, 4.69) is 33.5 Å². The van der Waals surface area contributed by atoms with Gasteiger partial charge in [0.05, 0.1) is 16.9 Å². The van der Waals surface area contributed by atoms with Crippen molar-refractivity contribution in [3.63, 3.8) is 0 Å².